The van der Waals surface area contributed by atoms with Gasteiger partial charge >= 0.3 is 0 Å². The van der Waals surface area contributed by atoms with Crippen LogP contribution in [0.3, 0.4) is 0 Å². The second-order valence-electron chi connectivity index (χ2n) is 2.50. The minimum absolute atomic E-state index is 0.368. The average molecular weight is 226 g/mol. The number of hydrogen-bond acceptors (Lipinski definition) is 3. The highest BCUT2D eigenvalue weighted by Gasteiger charge is 2.13. The van der Waals surface area contributed by atoms with Gasteiger partial charge in [-0.2, -0.15) is 0 Å². The van der Waals surface area contributed by atoms with Gasteiger partial charge in [0.05, 0.1) is 15.6 Å². The lowest BCUT2D eigenvalue weighted by Crippen LogP contribution is -1.86. The molecule has 0 bridgehead atoms. The Morgan fingerprint density at radius 2 is 2.43 bits per heavy atom. The molecule has 1 N–H and O–H groups in total. The van der Waals surface area contributed by atoms with Crippen molar-refractivity contribution in [2.45, 2.75) is 6.10 Å². The van der Waals surface area contributed by atoms with E-state index in [-0.39, 0.29) is 0 Å². The number of aliphatic hydroxyl groups is 1. The summed E-state index contributed by atoms with van der Waals surface area (Å²) in [6.45, 7) is 6.98. The van der Waals surface area contributed by atoms with Gasteiger partial charge in [0.1, 0.15) is 6.10 Å². The topological polar surface area (TPSA) is 32.6 Å². The van der Waals surface area contributed by atoms with Crippen molar-refractivity contribution in [1.29, 1.82) is 0 Å². The maximum Gasteiger partial charge on any atom is 0.149 e. The Labute approximate surface area is 91.6 Å². The number of nitrogens with zero attached hydrogens (tertiary/aromatic N) is 1. The number of aliphatic imine (C=N–C) groups is 1. The molecule has 0 saturated carbocycles. The van der Waals surface area contributed by atoms with Crippen LogP contribution in [-0.4, -0.2) is 11.8 Å². The zero-order valence-corrected chi connectivity index (χ0v) is 8.90. The van der Waals surface area contributed by atoms with Gasteiger partial charge < -0.3 is 5.11 Å². The first-order chi connectivity index (χ1) is 6.60. The standard InChI is InChI=1S/C10H8ClNOS/c1-4-8(13)9-5-7(12-3)10(14-9)6(2)11/h1,5,8,13H,2-3H2. The molecular weight excluding hydrogens is 218 g/mol. The van der Waals surface area contributed by atoms with Crippen LogP contribution in [0.2, 0.25) is 0 Å². The predicted molar refractivity (Wildman–Crippen MR) is 62.2 cm³/mol. The molecule has 1 heterocycles. The van der Waals surface area contributed by atoms with Crippen LogP contribution in [0.4, 0.5) is 5.69 Å². The maximum absolute atomic E-state index is 9.38. The largest absolute Gasteiger partial charge is 0.375 e. The van der Waals surface area contributed by atoms with Gasteiger partial charge in [-0.3, -0.25) is 4.99 Å². The van der Waals surface area contributed by atoms with E-state index in [1.54, 1.807) is 6.07 Å². The first-order valence-electron chi connectivity index (χ1n) is 3.69. The Balaban J connectivity index is 3.21. The lowest BCUT2D eigenvalue weighted by molar-refractivity contribution is 0.242. The molecule has 72 valence electrons. The van der Waals surface area contributed by atoms with Crippen LogP contribution in [0.25, 0.3) is 5.03 Å². The van der Waals surface area contributed by atoms with Crippen LogP contribution >= 0.6 is 22.9 Å². The van der Waals surface area contributed by atoms with E-state index in [2.05, 4.69) is 24.2 Å². The second-order valence-corrected chi connectivity index (χ2v) is 4.04. The highest BCUT2D eigenvalue weighted by Crippen LogP contribution is 2.38. The van der Waals surface area contributed by atoms with Crippen molar-refractivity contribution < 1.29 is 5.11 Å². The molecule has 0 saturated heterocycles. The number of terminal acetylenes is 1. The lowest BCUT2D eigenvalue weighted by atomic mass is 10.3. The van der Waals surface area contributed by atoms with E-state index in [1.807, 2.05) is 0 Å². The third kappa shape index (κ3) is 2.05. The molecular formula is C10H8ClNOS. The number of aliphatic hydroxyl groups excluding tert-OH is 1. The number of thiophene rings is 1. The molecule has 1 unspecified atom stereocenters. The smallest absolute Gasteiger partial charge is 0.149 e. The van der Waals surface area contributed by atoms with E-state index < -0.39 is 6.10 Å². The minimum atomic E-state index is -0.926. The van der Waals surface area contributed by atoms with Gasteiger partial charge in [0.15, 0.2) is 0 Å². The van der Waals surface area contributed by atoms with Crippen molar-refractivity contribution in [3.05, 3.63) is 22.4 Å². The number of hydrogen-bond donors (Lipinski definition) is 1. The van der Waals surface area contributed by atoms with Crippen molar-refractivity contribution in [2.75, 3.05) is 0 Å². The summed E-state index contributed by atoms with van der Waals surface area (Å²) in [7, 11) is 0. The second kappa shape index (κ2) is 4.43. The fourth-order valence-corrected chi connectivity index (χ4v) is 2.07. The molecule has 4 heteroatoms. The summed E-state index contributed by atoms with van der Waals surface area (Å²) >= 11 is 7.01. The first kappa shape index (κ1) is 11.0. The SMILES string of the molecule is C#CC(O)c1cc(N=C)c(C(=C)Cl)s1. The molecule has 0 radical (unpaired) electrons. The van der Waals surface area contributed by atoms with E-state index in [0.29, 0.717) is 20.5 Å². The summed E-state index contributed by atoms with van der Waals surface area (Å²) in [4.78, 5) is 5.07. The summed E-state index contributed by atoms with van der Waals surface area (Å²) in [6, 6.07) is 1.66. The van der Waals surface area contributed by atoms with Gasteiger partial charge in [-0.15, -0.1) is 17.8 Å². The fourth-order valence-electron chi connectivity index (χ4n) is 0.929. The zero-order chi connectivity index (χ0) is 10.7. The van der Waals surface area contributed by atoms with Crippen LogP contribution < -0.4 is 0 Å². The van der Waals surface area contributed by atoms with Gasteiger partial charge in [-0.1, -0.05) is 24.1 Å². The number of rotatable bonds is 3. The Kier molecular flexibility index (Phi) is 3.48. The third-order valence-corrected chi connectivity index (χ3v) is 3.11. The first-order valence-corrected chi connectivity index (χ1v) is 4.89. The summed E-state index contributed by atoms with van der Waals surface area (Å²) in [5.74, 6) is 2.22. The molecule has 0 fully saturated rings. The molecule has 0 aliphatic heterocycles. The molecule has 0 aromatic carbocycles. The quantitative estimate of drug-likeness (QED) is 0.623. The summed E-state index contributed by atoms with van der Waals surface area (Å²) in [5.41, 5.74) is 0.597. The summed E-state index contributed by atoms with van der Waals surface area (Å²) in [6.07, 6.45) is 4.16. The average Bonchev–Trinajstić information content (AvgIpc) is 2.60. The fraction of sp³-hybridized carbons (Fsp3) is 0.100. The van der Waals surface area contributed by atoms with E-state index >= 15 is 0 Å². The monoisotopic (exact) mass is 225 g/mol. The Morgan fingerprint density at radius 1 is 1.79 bits per heavy atom. The van der Waals surface area contributed by atoms with Crippen LogP contribution in [0.5, 0.6) is 0 Å². The van der Waals surface area contributed by atoms with Crippen LogP contribution in [0, 0.1) is 12.3 Å². The normalized spacial score (nSPS) is 11.8. The van der Waals surface area contributed by atoms with E-state index in [0.717, 1.165) is 0 Å². The molecule has 0 aliphatic carbocycles. The van der Waals surface area contributed by atoms with Crippen molar-refractivity contribution in [3.63, 3.8) is 0 Å². The summed E-state index contributed by atoms with van der Waals surface area (Å²) < 4.78 is 0. The van der Waals surface area contributed by atoms with Crippen LogP contribution in [0.15, 0.2) is 17.6 Å². The molecule has 0 aliphatic rings. The maximum atomic E-state index is 9.38. The molecule has 0 spiro atoms. The van der Waals surface area contributed by atoms with Crippen LogP contribution in [0.1, 0.15) is 15.9 Å². The van der Waals surface area contributed by atoms with Crippen molar-refractivity contribution in [3.8, 4) is 12.3 Å². The van der Waals surface area contributed by atoms with E-state index in [1.165, 1.54) is 11.3 Å². The third-order valence-electron chi connectivity index (χ3n) is 1.58. The highest BCUT2D eigenvalue weighted by molar-refractivity contribution is 7.14. The molecule has 0 amide bonds. The molecule has 1 rings (SSSR count). The van der Waals surface area contributed by atoms with Gasteiger partial charge in [0, 0.05) is 4.88 Å². The van der Waals surface area contributed by atoms with Gasteiger partial charge in [-0.25, -0.2) is 0 Å². The molecule has 1 aromatic heterocycles. The Morgan fingerprint density at radius 3 is 2.79 bits per heavy atom. The molecule has 1 aromatic rings. The Hall–Kier alpha value is -1.08. The zero-order valence-electron chi connectivity index (χ0n) is 7.33. The van der Waals surface area contributed by atoms with Crippen molar-refractivity contribution >= 4 is 40.4 Å². The van der Waals surface area contributed by atoms with Gasteiger partial charge in [-0.05, 0) is 12.8 Å². The van der Waals surface area contributed by atoms with Gasteiger partial charge in [0.25, 0.3) is 0 Å². The van der Waals surface area contributed by atoms with Crippen molar-refractivity contribution in [2.24, 2.45) is 4.99 Å². The van der Waals surface area contributed by atoms with Crippen LogP contribution in [-0.2, 0) is 0 Å². The Bertz CT molecular complexity index is 416. The van der Waals surface area contributed by atoms with E-state index in [4.69, 9.17) is 18.0 Å². The molecule has 14 heavy (non-hydrogen) atoms. The number of halogens is 1. The summed E-state index contributed by atoms with van der Waals surface area (Å²) in [5, 5.41) is 9.75. The molecule has 2 nitrogen and oxygen atoms in total. The predicted octanol–water partition coefficient (Wildman–Crippen LogP) is 2.96. The minimum Gasteiger partial charge on any atom is -0.375 e. The van der Waals surface area contributed by atoms with E-state index in [9.17, 15) is 5.11 Å². The molecule has 1 atom stereocenters. The lowest BCUT2D eigenvalue weighted by Gasteiger charge is -1.95. The van der Waals surface area contributed by atoms with Gasteiger partial charge in [0.2, 0.25) is 0 Å². The highest BCUT2D eigenvalue weighted by atomic mass is 35.5. The van der Waals surface area contributed by atoms with Crippen molar-refractivity contribution in [1.82, 2.24) is 0 Å².